The van der Waals surface area contributed by atoms with Crippen molar-refractivity contribution in [2.75, 3.05) is 7.11 Å². The maximum atomic E-state index is 12.4. The molecule has 0 saturated heterocycles. The fraction of sp³-hybridized carbons (Fsp3) is 0.200. The zero-order chi connectivity index (χ0) is 14.5. The fourth-order valence-corrected chi connectivity index (χ4v) is 3.49. The van der Waals surface area contributed by atoms with Crippen LogP contribution in [0, 0.1) is 0 Å². The number of hydrogen-bond donors (Lipinski definition) is 1. The molecule has 3 nitrogen and oxygen atoms in total. The zero-order valence-electron chi connectivity index (χ0n) is 11.1. The molecule has 2 rings (SSSR count). The van der Waals surface area contributed by atoms with E-state index < -0.39 is 10.8 Å². The first-order valence-electron chi connectivity index (χ1n) is 6.14. The van der Waals surface area contributed by atoms with Crippen LogP contribution in [-0.4, -0.2) is 11.3 Å². The van der Waals surface area contributed by atoms with E-state index in [0.29, 0.717) is 28.0 Å². The van der Waals surface area contributed by atoms with Gasteiger partial charge in [0.25, 0.3) is 0 Å². The Hall–Kier alpha value is -1.36. The third-order valence-electron chi connectivity index (χ3n) is 2.95. The van der Waals surface area contributed by atoms with Gasteiger partial charge in [-0.15, -0.1) is 0 Å². The molecule has 5 heteroatoms. The average molecular weight is 310 g/mol. The summed E-state index contributed by atoms with van der Waals surface area (Å²) in [5.41, 5.74) is 7.49. The first-order valence-corrected chi connectivity index (χ1v) is 7.84. The predicted octanol–water partition coefficient (Wildman–Crippen LogP) is 3.12. The number of benzene rings is 2. The molecule has 0 aliphatic rings. The van der Waals surface area contributed by atoms with E-state index in [9.17, 15) is 4.21 Å². The number of halogens is 1. The molecule has 0 aliphatic heterocycles. The summed E-state index contributed by atoms with van der Waals surface area (Å²) in [4.78, 5) is 0.634. The predicted molar refractivity (Wildman–Crippen MR) is 82.4 cm³/mol. The van der Waals surface area contributed by atoms with Crippen molar-refractivity contribution in [1.29, 1.82) is 0 Å². The molecule has 2 N–H and O–H groups in total. The molecule has 0 spiro atoms. The Morgan fingerprint density at radius 1 is 1.25 bits per heavy atom. The minimum absolute atomic E-state index is 0.348. The Labute approximate surface area is 126 Å². The van der Waals surface area contributed by atoms with Crippen molar-refractivity contribution in [3.05, 3.63) is 58.6 Å². The van der Waals surface area contributed by atoms with E-state index in [1.54, 1.807) is 19.2 Å². The summed E-state index contributed by atoms with van der Waals surface area (Å²) in [6, 6.07) is 12.8. The van der Waals surface area contributed by atoms with Crippen molar-refractivity contribution in [3.63, 3.8) is 0 Å². The van der Waals surface area contributed by atoms with Gasteiger partial charge >= 0.3 is 0 Å². The number of hydrogen-bond acceptors (Lipinski definition) is 3. The molecule has 0 radical (unpaired) electrons. The van der Waals surface area contributed by atoms with E-state index in [2.05, 4.69) is 0 Å². The van der Waals surface area contributed by atoms with Gasteiger partial charge in [-0.2, -0.15) is 0 Å². The van der Waals surface area contributed by atoms with Crippen LogP contribution in [0.25, 0.3) is 0 Å². The lowest BCUT2D eigenvalue weighted by Crippen LogP contribution is -2.03. The molecule has 0 saturated carbocycles. The van der Waals surface area contributed by atoms with Crippen LogP contribution in [-0.2, 0) is 23.1 Å². The molecule has 2 aromatic carbocycles. The minimum atomic E-state index is -1.22. The molecular formula is C15H16ClNO2S. The summed E-state index contributed by atoms with van der Waals surface area (Å²) in [5.74, 6) is 1.06. The van der Waals surface area contributed by atoms with Crippen molar-refractivity contribution >= 4 is 22.4 Å². The third kappa shape index (κ3) is 3.39. The van der Waals surface area contributed by atoms with Gasteiger partial charge in [0.15, 0.2) is 0 Å². The summed E-state index contributed by atoms with van der Waals surface area (Å²) in [6.45, 7) is 0.440. The standard InChI is InChI=1S/C15H16ClNO2S/c1-19-14-7-6-11(9-17)8-12(14)10-20(18)15-5-3-2-4-13(15)16/h2-8H,9-10,17H2,1H3. The van der Waals surface area contributed by atoms with Gasteiger partial charge in [-0.05, 0) is 29.8 Å². The third-order valence-corrected chi connectivity index (χ3v) is 4.81. The van der Waals surface area contributed by atoms with Gasteiger partial charge in [-0.1, -0.05) is 29.8 Å². The highest BCUT2D eigenvalue weighted by molar-refractivity contribution is 7.84. The topological polar surface area (TPSA) is 52.3 Å². The van der Waals surface area contributed by atoms with Gasteiger partial charge in [0.1, 0.15) is 5.75 Å². The van der Waals surface area contributed by atoms with Crippen molar-refractivity contribution < 1.29 is 8.95 Å². The summed E-state index contributed by atoms with van der Waals surface area (Å²) in [6.07, 6.45) is 0. The Kier molecular flexibility index (Phi) is 5.17. The van der Waals surface area contributed by atoms with E-state index in [1.807, 2.05) is 30.3 Å². The van der Waals surface area contributed by atoms with Gasteiger partial charge in [-0.25, -0.2) is 0 Å². The van der Waals surface area contributed by atoms with E-state index in [-0.39, 0.29) is 0 Å². The van der Waals surface area contributed by atoms with Crippen LogP contribution in [0.4, 0.5) is 0 Å². The summed E-state index contributed by atoms with van der Waals surface area (Å²) in [5, 5.41) is 0.514. The summed E-state index contributed by atoms with van der Waals surface area (Å²) < 4.78 is 17.7. The summed E-state index contributed by atoms with van der Waals surface area (Å²) in [7, 11) is 0.376. The average Bonchev–Trinajstić information content (AvgIpc) is 2.47. The molecule has 1 unspecified atom stereocenters. The molecule has 0 bridgehead atoms. The molecule has 0 aromatic heterocycles. The van der Waals surface area contributed by atoms with Gasteiger partial charge < -0.3 is 10.5 Å². The number of nitrogens with two attached hydrogens (primary N) is 1. The number of ether oxygens (including phenoxy) is 1. The highest BCUT2D eigenvalue weighted by atomic mass is 35.5. The normalized spacial score (nSPS) is 12.2. The second-order valence-electron chi connectivity index (χ2n) is 4.27. The van der Waals surface area contributed by atoms with Crippen LogP contribution >= 0.6 is 11.6 Å². The van der Waals surface area contributed by atoms with Crippen LogP contribution in [0.5, 0.6) is 5.75 Å². The fourth-order valence-electron chi connectivity index (χ4n) is 1.92. The van der Waals surface area contributed by atoms with Crippen LogP contribution in [0.15, 0.2) is 47.4 Å². The SMILES string of the molecule is COc1ccc(CN)cc1CS(=O)c1ccccc1Cl. The lowest BCUT2D eigenvalue weighted by atomic mass is 10.1. The van der Waals surface area contributed by atoms with Crippen molar-refractivity contribution in [1.82, 2.24) is 0 Å². The molecule has 106 valence electrons. The quantitative estimate of drug-likeness (QED) is 0.923. The Bertz CT molecular complexity index is 631. The van der Waals surface area contributed by atoms with Gasteiger partial charge in [-0.3, -0.25) is 4.21 Å². The van der Waals surface area contributed by atoms with Crippen molar-refractivity contribution in [2.24, 2.45) is 5.73 Å². The maximum Gasteiger partial charge on any atom is 0.123 e. The zero-order valence-corrected chi connectivity index (χ0v) is 12.7. The van der Waals surface area contributed by atoms with E-state index in [0.717, 1.165) is 11.1 Å². The Morgan fingerprint density at radius 2 is 2.00 bits per heavy atom. The largest absolute Gasteiger partial charge is 0.496 e. The maximum absolute atomic E-state index is 12.4. The lowest BCUT2D eigenvalue weighted by molar-refractivity contribution is 0.411. The van der Waals surface area contributed by atoms with Crippen molar-refractivity contribution in [2.45, 2.75) is 17.2 Å². The van der Waals surface area contributed by atoms with E-state index >= 15 is 0 Å². The highest BCUT2D eigenvalue weighted by Gasteiger charge is 2.12. The second kappa shape index (κ2) is 6.88. The highest BCUT2D eigenvalue weighted by Crippen LogP contribution is 2.26. The smallest absolute Gasteiger partial charge is 0.123 e. The van der Waals surface area contributed by atoms with Crippen LogP contribution in [0.2, 0.25) is 5.02 Å². The van der Waals surface area contributed by atoms with Gasteiger partial charge in [0, 0.05) is 12.1 Å². The first kappa shape index (κ1) is 15.0. The summed E-state index contributed by atoms with van der Waals surface area (Å²) >= 11 is 6.07. The van der Waals surface area contributed by atoms with E-state index in [4.69, 9.17) is 22.1 Å². The van der Waals surface area contributed by atoms with Crippen LogP contribution in [0.1, 0.15) is 11.1 Å². The lowest BCUT2D eigenvalue weighted by Gasteiger charge is -2.11. The van der Waals surface area contributed by atoms with E-state index in [1.165, 1.54) is 0 Å². The van der Waals surface area contributed by atoms with Gasteiger partial charge in [0.05, 0.1) is 33.6 Å². The first-order chi connectivity index (χ1) is 9.65. The Morgan fingerprint density at radius 3 is 2.65 bits per heavy atom. The second-order valence-corrected chi connectivity index (χ2v) is 6.10. The molecule has 2 aromatic rings. The molecule has 0 amide bonds. The minimum Gasteiger partial charge on any atom is -0.496 e. The van der Waals surface area contributed by atoms with Crippen LogP contribution in [0.3, 0.4) is 0 Å². The Balaban J connectivity index is 2.29. The molecule has 0 aliphatic carbocycles. The molecule has 20 heavy (non-hydrogen) atoms. The molecular weight excluding hydrogens is 294 g/mol. The molecule has 1 atom stereocenters. The monoisotopic (exact) mass is 309 g/mol. The molecule has 0 fully saturated rings. The van der Waals surface area contributed by atoms with Gasteiger partial charge in [0.2, 0.25) is 0 Å². The van der Waals surface area contributed by atoms with Crippen molar-refractivity contribution in [3.8, 4) is 5.75 Å². The molecule has 0 heterocycles. The van der Waals surface area contributed by atoms with Crippen LogP contribution < -0.4 is 10.5 Å². The number of methoxy groups -OCH3 is 1. The number of rotatable bonds is 5.